The van der Waals surface area contributed by atoms with Gasteiger partial charge in [-0.1, -0.05) is 65.8 Å². The molecule has 0 radical (unpaired) electrons. The van der Waals surface area contributed by atoms with Crippen LogP contribution in [0, 0.1) is 13.8 Å². The fourth-order valence-corrected chi connectivity index (χ4v) is 2.48. The summed E-state index contributed by atoms with van der Waals surface area (Å²) in [5, 5.41) is 7.59. The molecular weight excluding hydrogens is 260 g/mol. The lowest BCUT2D eigenvalue weighted by molar-refractivity contribution is 0.393. The summed E-state index contributed by atoms with van der Waals surface area (Å²) in [4.78, 5) is 0. The van der Waals surface area contributed by atoms with Gasteiger partial charge < -0.3 is 9.84 Å². The second kappa shape index (κ2) is 5.83. The monoisotopic (exact) mass is 278 g/mol. The van der Waals surface area contributed by atoms with Crippen molar-refractivity contribution in [2.45, 2.75) is 19.9 Å². The van der Waals surface area contributed by atoms with Gasteiger partial charge in [-0.25, -0.2) is 0 Å². The van der Waals surface area contributed by atoms with Crippen LogP contribution in [0.3, 0.4) is 0 Å². The molecule has 1 N–H and O–H groups in total. The SMILES string of the molecule is Cc1noc(C)c1NC(c1ccccc1)c1ccccc1. The Hall–Kier alpha value is -2.55. The van der Waals surface area contributed by atoms with Gasteiger partial charge in [0.25, 0.3) is 0 Å². The summed E-state index contributed by atoms with van der Waals surface area (Å²) in [6.45, 7) is 3.88. The molecule has 0 aliphatic heterocycles. The molecule has 1 aromatic heterocycles. The Morgan fingerprint density at radius 1 is 0.857 bits per heavy atom. The Balaban J connectivity index is 2.01. The Morgan fingerprint density at radius 2 is 1.38 bits per heavy atom. The molecule has 106 valence electrons. The fourth-order valence-electron chi connectivity index (χ4n) is 2.48. The predicted molar refractivity (Wildman–Crippen MR) is 84.3 cm³/mol. The van der Waals surface area contributed by atoms with Crippen molar-refractivity contribution in [3.63, 3.8) is 0 Å². The van der Waals surface area contributed by atoms with Gasteiger partial charge in [-0.05, 0) is 25.0 Å². The van der Waals surface area contributed by atoms with Crippen molar-refractivity contribution in [2.24, 2.45) is 0 Å². The number of anilines is 1. The lowest BCUT2D eigenvalue weighted by Gasteiger charge is -2.20. The molecule has 3 nitrogen and oxygen atoms in total. The van der Waals surface area contributed by atoms with Crippen LogP contribution < -0.4 is 5.32 Å². The molecule has 3 heteroatoms. The van der Waals surface area contributed by atoms with Gasteiger partial charge >= 0.3 is 0 Å². The number of nitrogens with one attached hydrogen (secondary N) is 1. The van der Waals surface area contributed by atoms with Crippen LogP contribution in [0.4, 0.5) is 5.69 Å². The minimum atomic E-state index is 0.0733. The smallest absolute Gasteiger partial charge is 0.157 e. The maximum atomic E-state index is 5.26. The van der Waals surface area contributed by atoms with E-state index in [9.17, 15) is 0 Å². The molecule has 3 aromatic rings. The van der Waals surface area contributed by atoms with Crippen LogP contribution in [0.15, 0.2) is 65.2 Å². The topological polar surface area (TPSA) is 38.1 Å². The second-order valence-corrected chi connectivity index (χ2v) is 5.10. The first-order valence-electron chi connectivity index (χ1n) is 7.05. The zero-order chi connectivity index (χ0) is 14.7. The highest BCUT2D eigenvalue weighted by Crippen LogP contribution is 2.29. The molecule has 0 aliphatic rings. The van der Waals surface area contributed by atoms with Crippen LogP contribution in [0.2, 0.25) is 0 Å². The molecule has 0 unspecified atom stereocenters. The van der Waals surface area contributed by atoms with Crippen LogP contribution in [0.5, 0.6) is 0 Å². The Labute approximate surface area is 124 Å². The van der Waals surface area contributed by atoms with E-state index in [2.05, 4.69) is 59.0 Å². The zero-order valence-electron chi connectivity index (χ0n) is 12.2. The Kier molecular flexibility index (Phi) is 3.73. The van der Waals surface area contributed by atoms with Crippen molar-refractivity contribution in [1.29, 1.82) is 0 Å². The third-order valence-electron chi connectivity index (χ3n) is 3.59. The molecule has 0 amide bonds. The molecule has 2 aromatic carbocycles. The molecule has 3 rings (SSSR count). The van der Waals surface area contributed by atoms with Crippen molar-refractivity contribution in [2.75, 3.05) is 5.32 Å². The zero-order valence-corrected chi connectivity index (χ0v) is 12.2. The fraction of sp³-hybridized carbons (Fsp3) is 0.167. The third kappa shape index (κ3) is 2.82. The van der Waals surface area contributed by atoms with Crippen LogP contribution in [0.1, 0.15) is 28.6 Å². The molecule has 0 saturated heterocycles. The van der Waals surface area contributed by atoms with Crippen LogP contribution in [-0.4, -0.2) is 5.16 Å². The standard InChI is InChI=1S/C18H18N2O/c1-13-17(14(2)21-20-13)19-18(15-9-5-3-6-10-15)16-11-7-4-8-12-16/h3-12,18-19H,1-2H3. The highest BCUT2D eigenvalue weighted by Gasteiger charge is 2.17. The summed E-state index contributed by atoms with van der Waals surface area (Å²) >= 11 is 0. The average molecular weight is 278 g/mol. The largest absolute Gasteiger partial charge is 0.370 e. The first-order chi connectivity index (χ1) is 10.3. The van der Waals surface area contributed by atoms with Crippen molar-refractivity contribution >= 4 is 5.69 Å². The number of benzene rings is 2. The van der Waals surface area contributed by atoms with Gasteiger partial charge in [0, 0.05) is 0 Å². The summed E-state index contributed by atoms with van der Waals surface area (Å²) in [5.74, 6) is 0.810. The summed E-state index contributed by atoms with van der Waals surface area (Å²) in [6, 6.07) is 20.9. The van der Waals surface area contributed by atoms with E-state index in [0.717, 1.165) is 17.1 Å². The number of hydrogen-bond donors (Lipinski definition) is 1. The molecule has 0 bridgehead atoms. The van der Waals surface area contributed by atoms with Gasteiger partial charge in [0.15, 0.2) is 5.76 Å². The lowest BCUT2D eigenvalue weighted by atomic mass is 9.98. The minimum absolute atomic E-state index is 0.0733. The lowest BCUT2D eigenvalue weighted by Crippen LogP contribution is -2.13. The van der Waals surface area contributed by atoms with E-state index in [-0.39, 0.29) is 6.04 Å². The molecule has 1 heterocycles. The molecule has 21 heavy (non-hydrogen) atoms. The van der Waals surface area contributed by atoms with E-state index in [1.165, 1.54) is 11.1 Å². The maximum absolute atomic E-state index is 5.26. The normalized spacial score (nSPS) is 10.8. The van der Waals surface area contributed by atoms with Gasteiger partial charge in [-0.15, -0.1) is 0 Å². The van der Waals surface area contributed by atoms with Crippen molar-refractivity contribution < 1.29 is 4.52 Å². The summed E-state index contributed by atoms with van der Waals surface area (Å²) in [7, 11) is 0. The average Bonchev–Trinajstić information content (AvgIpc) is 2.85. The number of rotatable bonds is 4. The van der Waals surface area contributed by atoms with Gasteiger partial charge in [0.05, 0.1) is 6.04 Å². The highest BCUT2D eigenvalue weighted by atomic mass is 16.5. The van der Waals surface area contributed by atoms with E-state index in [0.29, 0.717) is 0 Å². The highest BCUT2D eigenvalue weighted by molar-refractivity contribution is 5.54. The molecular formula is C18H18N2O. The Bertz CT molecular complexity index is 646. The molecule has 0 atom stereocenters. The molecule has 0 spiro atoms. The van der Waals surface area contributed by atoms with Crippen LogP contribution >= 0.6 is 0 Å². The first-order valence-corrected chi connectivity index (χ1v) is 7.05. The van der Waals surface area contributed by atoms with Crippen molar-refractivity contribution in [3.05, 3.63) is 83.2 Å². The molecule has 0 aliphatic carbocycles. The number of hydrogen-bond acceptors (Lipinski definition) is 3. The molecule has 0 saturated carbocycles. The van der Waals surface area contributed by atoms with Gasteiger partial charge in [-0.2, -0.15) is 0 Å². The molecule has 0 fully saturated rings. The number of aromatic nitrogens is 1. The summed E-state index contributed by atoms with van der Waals surface area (Å²) in [6.07, 6.45) is 0. The minimum Gasteiger partial charge on any atom is -0.370 e. The predicted octanol–water partition coefficient (Wildman–Crippen LogP) is 4.49. The quantitative estimate of drug-likeness (QED) is 0.764. The van der Waals surface area contributed by atoms with Crippen molar-refractivity contribution in [1.82, 2.24) is 5.16 Å². The van der Waals surface area contributed by atoms with E-state index in [1.54, 1.807) is 0 Å². The van der Waals surface area contributed by atoms with Gasteiger partial charge in [-0.3, -0.25) is 0 Å². The first kappa shape index (κ1) is 13.4. The van der Waals surface area contributed by atoms with E-state index in [1.807, 2.05) is 26.0 Å². The second-order valence-electron chi connectivity index (χ2n) is 5.10. The van der Waals surface area contributed by atoms with Crippen molar-refractivity contribution in [3.8, 4) is 0 Å². The number of nitrogens with zero attached hydrogens (tertiary/aromatic N) is 1. The van der Waals surface area contributed by atoms with Crippen LogP contribution in [-0.2, 0) is 0 Å². The van der Waals surface area contributed by atoms with Crippen LogP contribution in [0.25, 0.3) is 0 Å². The van der Waals surface area contributed by atoms with E-state index < -0.39 is 0 Å². The van der Waals surface area contributed by atoms with E-state index >= 15 is 0 Å². The van der Waals surface area contributed by atoms with E-state index in [4.69, 9.17) is 4.52 Å². The summed E-state index contributed by atoms with van der Waals surface area (Å²) < 4.78 is 5.26. The Morgan fingerprint density at radius 3 is 1.81 bits per heavy atom. The maximum Gasteiger partial charge on any atom is 0.157 e. The number of aryl methyl sites for hydroxylation is 2. The summed E-state index contributed by atoms with van der Waals surface area (Å²) in [5.41, 5.74) is 4.27. The van der Waals surface area contributed by atoms with Gasteiger partial charge in [0.2, 0.25) is 0 Å². The third-order valence-corrected chi connectivity index (χ3v) is 3.59. The van der Waals surface area contributed by atoms with Gasteiger partial charge in [0.1, 0.15) is 11.4 Å².